The monoisotopic (exact) mass is 250 g/mol. The van der Waals surface area contributed by atoms with Gasteiger partial charge in [-0.25, -0.2) is 0 Å². The summed E-state index contributed by atoms with van der Waals surface area (Å²) < 4.78 is 3.82. The fourth-order valence-corrected chi connectivity index (χ4v) is 6.92. The Morgan fingerprint density at radius 3 is 1.75 bits per heavy atom. The van der Waals surface area contributed by atoms with Crippen molar-refractivity contribution in [2.24, 2.45) is 0 Å². The van der Waals surface area contributed by atoms with Crippen molar-refractivity contribution in [1.82, 2.24) is 0 Å². The van der Waals surface area contributed by atoms with Crippen molar-refractivity contribution in [3.8, 4) is 0 Å². The highest BCUT2D eigenvalue weighted by Crippen LogP contribution is 2.51. The molecule has 1 aliphatic heterocycles. The third kappa shape index (κ3) is 1.65. The predicted molar refractivity (Wildman–Crippen MR) is 63.1 cm³/mol. The lowest BCUT2D eigenvalue weighted by Gasteiger charge is -2.11. The Morgan fingerprint density at radius 2 is 1.33 bits per heavy atom. The van der Waals surface area contributed by atoms with Crippen LogP contribution in [-0.4, -0.2) is 0 Å². The lowest BCUT2D eigenvalue weighted by molar-refractivity contribution is 1.45. The van der Waals surface area contributed by atoms with Crippen molar-refractivity contribution < 1.29 is 0 Å². The lowest BCUT2D eigenvalue weighted by Crippen LogP contribution is -1.80. The van der Waals surface area contributed by atoms with Crippen LogP contribution in [0.4, 0.5) is 0 Å². The number of fused-ring (bicyclic) bond motifs is 1. The summed E-state index contributed by atoms with van der Waals surface area (Å²) in [4.78, 5) is 2.83. The second-order valence-corrected chi connectivity index (χ2v) is 8.54. The maximum absolute atomic E-state index is 5.15. The van der Waals surface area contributed by atoms with Gasteiger partial charge in [-0.1, -0.05) is 35.7 Å². The van der Waals surface area contributed by atoms with Gasteiger partial charge in [0.15, 0.2) is 0 Å². The molecule has 0 saturated carbocycles. The number of allylic oxidation sites excluding steroid dienone is 2. The van der Waals surface area contributed by atoms with Gasteiger partial charge in [-0.15, -0.1) is 22.7 Å². The topological polar surface area (TPSA) is 0 Å². The van der Waals surface area contributed by atoms with Crippen LogP contribution in [0.25, 0.3) is 0 Å². The summed E-state index contributed by atoms with van der Waals surface area (Å²) in [7, 11) is 0. The van der Waals surface area contributed by atoms with Gasteiger partial charge in [0.2, 0.25) is 0 Å². The number of thioether (sulfide) groups is 2. The molecule has 2 heterocycles. The van der Waals surface area contributed by atoms with E-state index in [0.29, 0.717) is 0 Å². The Balaban J connectivity index is 2.48. The van der Waals surface area contributed by atoms with E-state index in [1.54, 1.807) is 22.7 Å². The molecule has 0 bridgehead atoms. The van der Waals surface area contributed by atoms with Crippen molar-refractivity contribution >= 4 is 58.4 Å². The fourth-order valence-electron chi connectivity index (χ4n) is 0.802. The predicted octanol–water partition coefficient (Wildman–Crippen LogP) is 4.99. The highest BCUT2D eigenvalue weighted by molar-refractivity contribution is 8.11. The molecule has 1 aromatic rings. The summed E-state index contributed by atoms with van der Waals surface area (Å²) in [5.74, 6) is 0. The van der Waals surface area contributed by atoms with E-state index in [-0.39, 0.29) is 0 Å². The van der Waals surface area contributed by atoms with Gasteiger partial charge in [0.1, 0.15) is 3.14 Å². The maximum atomic E-state index is 5.15. The average Bonchev–Trinajstić information content (AvgIpc) is 2.30. The van der Waals surface area contributed by atoms with E-state index in [2.05, 4.69) is 13.8 Å². The lowest BCUT2D eigenvalue weighted by atomic mass is 10.6. The van der Waals surface area contributed by atoms with E-state index in [0.717, 1.165) is 3.14 Å². The number of hydrogen-bond donors (Lipinski definition) is 0. The van der Waals surface area contributed by atoms with Crippen LogP contribution >= 0.6 is 58.4 Å². The van der Waals surface area contributed by atoms with Crippen molar-refractivity contribution in [1.29, 1.82) is 0 Å². The largest absolute Gasteiger partial charge is 0.145 e. The van der Waals surface area contributed by atoms with E-state index >= 15 is 0 Å². The maximum Gasteiger partial charge on any atom is 0.145 e. The first kappa shape index (κ1) is 9.27. The summed E-state index contributed by atoms with van der Waals surface area (Å²) in [6, 6.07) is 0. The van der Waals surface area contributed by atoms with Gasteiger partial charge in [-0.05, 0) is 23.7 Å². The van der Waals surface area contributed by atoms with Crippen LogP contribution in [0.5, 0.6) is 0 Å². The second-order valence-electron chi connectivity index (χ2n) is 2.35. The molecular weight excluding hydrogens is 244 g/mol. The molecule has 0 aromatic carbocycles. The number of hydrogen-bond acceptors (Lipinski definition) is 5. The average molecular weight is 250 g/mol. The van der Waals surface area contributed by atoms with E-state index in [1.165, 1.54) is 18.2 Å². The van der Waals surface area contributed by atoms with Crippen LogP contribution in [0, 0.1) is 3.14 Å². The molecule has 0 saturated heterocycles. The Morgan fingerprint density at radius 1 is 0.917 bits per heavy atom. The van der Waals surface area contributed by atoms with Crippen molar-refractivity contribution in [2.75, 3.05) is 0 Å². The minimum atomic E-state index is 1.04. The second kappa shape index (κ2) is 3.46. The van der Waals surface area contributed by atoms with Gasteiger partial charge >= 0.3 is 0 Å². The molecule has 0 spiro atoms. The molecule has 0 N–H and O–H groups in total. The molecule has 2 rings (SSSR count). The third-order valence-electron chi connectivity index (χ3n) is 1.51. The third-order valence-corrected chi connectivity index (χ3v) is 7.27. The fraction of sp³-hybridized carbons (Fsp3) is 0.286. The summed E-state index contributed by atoms with van der Waals surface area (Å²) in [5.41, 5.74) is 0. The normalized spacial score (nSPS) is 16.5. The zero-order valence-electron chi connectivity index (χ0n) is 6.54. The molecule has 1 aliphatic rings. The summed E-state index contributed by atoms with van der Waals surface area (Å²) in [6.07, 6.45) is 0. The molecule has 0 nitrogen and oxygen atoms in total. The highest BCUT2D eigenvalue weighted by Gasteiger charge is 2.16. The van der Waals surface area contributed by atoms with E-state index in [9.17, 15) is 0 Å². The van der Waals surface area contributed by atoms with Gasteiger partial charge in [-0.2, -0.15) is 0 Å². The van der Waals surface area contributed by atoms with Crippen LogP contribution in [0.15, 0.2) is 18.2 Å². The SMILES string of the molecule is CC1=C(C)Sc2sc(=S)sc2S1. The first-order valence-corrected chi connectivity index (χ1v) is 7.01. The molecule has 0 fully saturated rings. The molecule has 0 aliphatic carbocycles. The van der Waals surface area contributed by atoms with Gasteiger partial charge in [0, 0.05) is 0 Å². The Bertz CT molecular complexity index is 360. The van der Waals surface area contributed by atoms with Crippen LogP contribution in [0.3, 0.4) is 0 Å². The van der Waals surface area contributed by atoms with E-state index in [1.807, 2.05) is 23.5 Å². The molecule has 0 amide bonds. The van der Waals surface area contributed by atoms with Gasteiger partial charge in [-0.3, -0.25) is 0 Å². The molecule has 1 aromatic heterocycles. The molecule has 64 valence electrons. The molecule has 12 heavy (non-hydrogen) atoms. The summed E-state index contributed by atoms with van der Waals surface area (Å²) in [6.45, 7) is 4.34. The first-order chi connectivity index (χ1) is 5.66. The van der Waals surface area contributed by atoms with Crippen LogP contribution in [0.1, 0.15) is 13.8 Å². The van der Waals surface area contributed by atoms with Crippen molar-refractivity contribution in [3.63, 3.8) is 0 Å². The quantitative estimate of drug-likeness (QED) is 0.595. The van der Waals surface area contributed by atoms with E-state index < -0.39 is 0 Å². The smallest absolute Gasteiger partial charge is 0.105 e. The molecule has 5 heteroatoms. The first-order valence-electron chi connectivity index (χ1n) is 3.34. The summed E-state index contributed by atoms with van der Waals surface area (Å²) >= 11 is 12.3. The highest BCUT2D eigenvalue weighted by atomic mass is 32.2. The van der Waals surface area contributed by atoms with Gasteiger partial charge < -0.3 is 0 Å². The zero-order valence-corrected chi connectivity index (χ0v) is 10.6. The molecule has 0 unspecified atom stereocenters. The van der Waals surface area contributed by atoms with Crippen molar-refractivity contribution in [2.45, 2.75) is 22.3 Å². The van der Waals surface area contributed by atoms with Crippen LogP contribution in [0.2, 0.25) is 0 Å². The number of rotatable bonds is 0. The Labute approximate surface area is 93.1 Å². The Kier molecular flexibility index (Phi) is 2.67. The van der Waals surface area contributed by atoms with E-state index in [4.69, 9.17) is 12.2 Å². The van der Waals surface area contributed by atoms with Gasteiger partial charge in [0.05, 0.1) is 8.42 Å². The minimum Gasteiger partial charge on any atom is -0.105 e. The summed E-state index contributed by atoms with van der Waals surface area (Å²) in [5, 5.41) is 0. The molecule has 0 atom stereocenters. The minimum absolute atomic E-state index is 1.04. The molecule has 0 radical (unpaired) electrons. The van der Waals surface area contributed by atoms with Crippen LogP contribution < -0.4 is 0 Å². The van der Waals surface area contributed by atoms with Gasteiger partial charge in [0.25, 0.3) is 0 Å². The zero-order chi connectivity index (χ0) is 8.72. The van der Waals surface area contributed by atoms with Crippen LogP contribution in [-0.2, 0) is 0 Å². The Hall–Kier alpha value is 0.710. The standard InChI is InChI=1S/C7H6S5/c1-3-4(2)10-6-5(9-3)11-7(8)12-6/h1-2H3. The van der Waals surface area contributed by atoms with Crippen molar-refractivity contribution in [3.05, 3.63) is 12.9 Å². The molecular formula is C7H6S5.